The maximum atomic E-state index is 12.5. The van der Waals surface area contributed by atoms with Crippen molar-refractivity contribution in [1.82, 2.24) is 9.97 Å². The summed E-state index contributed by atoms with van der Waals surface area (Å²) in [5.41, 5.74) is 4.55. The number of hydrogen-bond donors (Lipinski definition) is 0. The number of anilines is 1. The molecular weight excluding hydrogens is 445 g/mol. The third-order valence-electron chi connectivity index (χ3n) is 5.16. The first kappa shape index (κ1) is 23.1. The minimum Gasteiger partial charge on any atom is -0.301 e. The van der Waals surface area contributed by atoms with Crippen LogP contribution in [0, 0.1) is 0 Å². The molecule has 5 nitrogen and oxygen atoms in total. The Morgan fingerprint density at radius 3 is 2.53 bits per heavy atom. The molecule has 1 aliphatic rings. The Morgan fingerprint density at radius 1 is 0.875 bits per heavy atom. The van der Waals surface area contributed by atoms with Crippen LogP contribution in [0.15, 0.2) is 85.2 Å². The Morgan fingerprint density at radius 2 is 1.72 bits per heavy atom. The molecule has 1 amide bonds. The van der Waals surface area contributed by atoms with E-state index < -0.39 is 11.7 Å². The zero-order valence-electron chi connectivity index (χ0n) is 16.8. The Labute approximate surface area is 197 Å². The second-order valence-corrected chi connectivity index (χ2v) is 7.05. The highest BCUT2D eigenvalue weighted by atomic mass is 35.5. The molecule has 2 aromatic heterocycles. The number of carbonyl (C=O) groups is 2. The van der Waals surface area contributed by atoms with Crippen molar-refractivity contribution in [3.8, 4) is 11.1 Å². The van der Waals surface area contributed by atoms with Crippen molar-refractivity contribution >= 4 is 59.2 Å². The van der Waals surface area contributed by atoms with Gasteiger partial charge in [-0.3, -0.25) is 14.6 Å². The molecule has 2 aromatic carbocycles. The van der Waals surface area contributed by atoms with Gasteiger partial charge in [0.2, 0.25) is 0 Å². The molecule has 1 aliphatic heterocycles. The number of halogens is 2. The molecule has 0 spiro atoms. The lowest BCUT2D eigenvalue weighted by atomic mass is 10.0. The molecule has 7 heteroatoms. The Balaban J connectivity index is 0.00000144. The number of Topliss-reactive ketones (excluding diaryl/α,β-unsaturated/α-hetero) is 1. The minimum absolute atomic E-state index is 0. The Bertz CT molecular complexity index is 1320. The van der Waals surface area contributed by atoms with Crippen molar-refractivity contribution < 1.29 is 9.59 Å². The van der Waals surface area contributed by atoms with Crippen LogP contribution in [-0.2, 0) is 4.79 Å². The maximum absolute atomic E-state index is 12.5. The zero-order valence-corrected chi connectivity index (χ0v) is 18.5. The van der Waals surface area contributed by atoms with E-state index in [4.69, 9.17) is 0 Å². The number of pyridine rings is 2. The minimum atomic E-state index is -0.510. The maximum Gasteiger partial charge on any atom is 0.299 e. The van der Waals surface area contributed by atoms with Crippen molar-refractivity contribution in [1.29, 1.82) is 0 Å². The molecule has 0 radical (unpaired) electrons. The van der Waals surface area contributed by atoms with Gasteiger partial charge in [0.05, 0.1) is 22.5 Å². The number of carbonyl (C=O) groups excluding carboxylic acids is 2. The number of nitrogens with zero attached hydrogens (tertiary/aromatic N) is 3. The number of fused-ring (bicyclic) bond motifs is 2. The van der Waals surface area contributed by atoms with Gasteiger partial charge in [-0.2, -0.15) is 0 Å². The molecule has 0 N–H and O–H groups in total. The van der Waals surface area contributed by atoms with E-state index in [0.29, 0.717) is 17.8 Å². The smallest absolute Gasteiger partial charge is 0.299 e. The number of rotatable bonds is 4. The highest BCUT2D eigenvalue weighted by molar-refractivity contribution is 6.52. The Kier molecular flexibility index (Phi) is 7.03. The Hall–Kier alpha value is -3.54. The molecule has 0 saturated carbocycles. The summed E-state index contributed by atoms with van der Waals surface area (Å²) in [5.74, 6) is -0.988. The van der Waals surface area contributed by atoms with Gasteiger partial charge < -0.3 is 4.90 Å². The fourth-order valence-corrected chi connectivity index (χ4v) is 3.65. The van der Waals surface area contributed by atoms with Crippen molar-refractivity contribution in [2.75, 3.05) is 11.4 Å². The normalized spacial score (nSPS) is 12.6. The van der Waals surface area contributed by atoms with Gasteiger partial charge in [-0.05, 0) is 42.0 Å². The van der Waals surface area contributed by atoms with E-state index in [-0.39, 0.29) is 24.8 Å². The van der Waals surface area contributed by atoms with Crippen LogP contribution in [0.4, 0.5) is 5.69 Å². The average Bonchev–Trinajstić information content (AvgIpc) is 3.04. The molecule has 0 aliphatic carbocycles. The van der Waals surface area contributed by atoms with Crippen LogP contribution in [-0.4, -0.2) is 28.2 Å². The van der Waals surface area contributed by atoms with E-state index >= 15 is 0 Å². The lowest BCUT2D eigenvalue weighted by molar-refractivity contribution is -0.114. The van der Waals surface area contributed by atoms with Gasteiger partial charge >= 0.3 is 0 Å². The first-order valence-electron chi connectivity index (χ1n) is 9.64. The molecule has 0 saturated heterocycles. The lowest BCUT2D eigenvalue weighted by Crippen LogP contribution is -2.29. The van der Waals surface area contributed by atoms with E-state index in [1.54, 1.807) is 18.5 Å². The number of amides is 1. The van der Waals surface area contributed by atoms with Crippen molar-refractivity contribution in [2.45, 2.75) is 0 Å². The fourth-order valence-electron chi connectivity index (χ4n) is 3.65. The van der Waals surface area contributed by atoms with Crippen LogP contribution >= 0.6 is 24.8 Å². The van der Waals surface area contributed by atoms with Crippen LogP contribution < -0.4 is 4.90 Å². The van der Waals surface area contributed by atoms with E-state index in [0.717, 1.165) is 27.7 Å². The summed E-state index contributed by atoms with van der Waals surface area (Å²) >= 11 is 0. The molecular formula is C25H19Cl2N3O2. The summed E-state index contributed by atoms with van der Waals surface area (Å²) in [6.07, 6.45) is 7.16. The van der Waals surface area contributed by atoms with Gasteiger partial charge in [0.15, 0.2) is 0 Å². The van der Waals surface area contributed by atoms with Crippen LogP contribution in [0.25, 0.3) is 28.1 Å². The molecule has 3 heterocycles. The molecule has 0 atom stereocenters. The van der Waals surface area contributed by atoms with Gasteiger partial charge in [0, 0.05) is 29.9 Å². The molecule has 4 aromatic rings. The lowest BCUT2D eigenvalue weighted by Gasteiger charge is -2.14. The number of aromatic nitrogens is 2. The van der Waals surface area contributed by atoms with Gasteiger partial charge in [-0.15, -0.1) is 24.8 Å². The van der Waals surface area contributed by atoms with E-state index in [1.807, 2.05) is 72.8 Å². The summed E-state index contributed by atoms with van der Waals surface area (Å²) in [5, 5.41) is 1.08. The third kappa shape index (κ3) is 4.26. The van der Waals surface area contributed by atoms with E-state index in [9.17, 15) is 9.59 Å². The predicted octanol–water partition coefficient (Wildman–Crippen LogP) is 5.38. The quantitative estimate of drug-likeness (QED) is 0.381. The van der Waals surface area contributed by atoms with Gasteiger partial charge in [0.1, 0.15) is 0 Å². The van der Waals surface area contributed by atoms with Crippen molar-refractivity contribution in [3.05, 3.63) is 96.5 Å². The number of para-hydroxylation sites is 1. The van der Waals surface area contributed by atoms with Crippen LogP contribution in [0.3, 0.4) is 0 Å². The van der Waals surface area contributed by atoms with Gasteiger partial charge in [0.25, 0.3) is 11.7 Å². The summed E-state index contributed by atoms with van der Waals surface area (Å²) in [7, 11) is 0. The monoisotopic (exact) mass is 463 g/mol. The molecule has 0 unspecified atom stereocenters. The van der Waals surface area contributed by atoms with E-state index in [2.05, 4.69) is 9.97 Å². The standard InChI is InChI=1S/C25H17N3O2.2ClH/c29-24-21-15-18(19-6-3-13-26-16-19)10-12-23(21)28(25(24)30)14-4-7-20-11-9-17-5-1-2-8-22(17)27-20;;/h1-13,15-16H,14H2;2*1H/b7-4+;;. The second-order valence-electron chi connectivity index (χ2n) is 7.05. The number of benzene rings is 2. The summed E-state index contributed by atoms with van der Waals surface area (Å²) in [6, 6.07) is 21.1. The van der Waals surface area contributed by atoms with Crippen LogP contribution in [0.5, 0.6) is 0 Å². The van der Waals surface area contributed by atoms with Crippen LogP contribution in [0.1, 0.15) is 16.1 Å². The van der Waals surface area contributed by atoms with Crippen molar-refractivity contribution in [2.24, 2.45) is 0 Å². The second kappa shape index (κ2) is 9.73. The van der Waals surface area contributed by atoms with Crippen LogP contribution in [0.2, 0.25) is 0 Å². The molecule has 0 bridgehead atoms. The zero-order chi connectivity index (χ0) is 20.5. The summed E-state index contributed by atoms with van der Waals surface area (Å²) in [4.78, 5) is 35.3. The number of ketones is 1. The number of hydrogen-bond acceptors (Lipinski definition) is 4. The highest BCUT2D eigenvalue weighted by Gasteiger charge is 2.35. The largest absolute Gasteiger partial charge is 0.301 e. The van der Waals surface area contributed by atoms with Gasteiger partial charge in [-0.1, -0.05) is 42.5 Å². The van der Waals surface area contributed by atoms with Gasteiger partial charge in [-0.25, -0.2) is 4.98 Å². The highest BCUT2D eigenvalue weighted by Crippen LogP contribution is 2.32. The topological polar surface area (TPSA) is 63.2 Å². The SMILES string of the molecule is Cl.Cl.O=C1C(=O)N(C/C=C/c2ccc3ccccc3n2)c2ccc(-c3cccnc3)cc21. The van der Waals surface area contributed by atoms with Crippen molar-refractivity contribution in [3.63, 3.8) is 0 Å². The average molecular weight is 464 g/mol. The molecule has 0 fully saturated rings. The summed E-state index contributed by atoms with van der Waals surface area (Å²) in [6.45, 7) is 0.304. The first-order chi connectivity index (χ1) is 14.7. The predicted molar refractivity (Wildman–Crippen MR) is 132 cm³/mol. The molecule has 160 valence electrons. The summed E-state index contributed by atoms with van der Waals surface area (Å²) < 4.78 is 0. The molecule has 32 heavy (non-hydrogen) atoms. The first-order valence-corrected chi connectivity index (χ1v) is 9.64. The molecule has 5 rings (SSSR count). The third-order valence-corrected chi connectivity index (χ3v) is 5.16. The van der Waals surface area contributed by atoms with E-state index in [1.165, 1.54) is 4.90 Å². The fraction of sp³-hybridized carbons (Fsp3) is 0.0400.